The van der Waals surface area contributed by atoms with E-state index >= 15 is 0 Å². The number of piperidine rings is 1. The van der Waals surface area contributed by atoms with E-state index in [0.717, 1.165) is 6.42 Å². The van der Waals surface area contributed by atoms with Crippen LogP contribution in [-0.2, 0) is 0 Å². The average Bonchev–Trinajstić information content (AvgIpc) is 2.35. The van der Waals surface area contributed by atoms with Gasteiger partial charge in [0.05, 0.1) is 17.4 Å². The van der Waals surface area contributed by atoms with Crippen LogP contribution in [0.4, 0.5) is 5.69 Å². The fourth-order valence-electron chi connectivity index (χ4n) is 2.14. The lowest BCUT2D eigenvalue weighted by molar-refractivity contribution is 0.0247. The number of aliphatic hydroxyl groups is 1. The SMILES string of the molecule is CC1CCN(C(=O)c2cccc(N)c2O)CC1O. The van der Waals surface area contributed by atoms with Gasteiger partial charge >= 0.3 is 0 Å². The molecule has 4 N–H and O–H groups in total. The maximum atomic E-state index is 12.2. The van der Waals surface area contributed by atoms with Gasteiger partial charge in [-0.1, -0.05) is 13.0 Å². The number of rotatable bonds is 1. The molecular formula is C13H18N2O3. The minimum atomic E-state index is -0.508. The molecule has 1 aliphatic rings. The molecule has 0 spiro atoms. The van der Waals surface area contributed by atoms with E-state index in [9.17, 15) is 15.0 Å². The molecule has 1 amide bonds. The lowest BCUT2D eigenvalue weighted by atomic mass is 9.95. The van der Waals surface area contributed by atoms with E-state index in [1.807, 2.05) is 6.92 Å². The number of carbonyl (C=O) groups excluding carboxylic acids is 1. The minimum absolute atomic E-state index is 0.185. The molecule has 5 heteroatoms. The fourth-order valence-corrected chi connectivity index (χ4v) is 2.14. The van der Waals surface area contributed by atoms with Crippen molar-refractivity contribution in [1.29, 1.82) is 0 Å². The summed E-state index contributed by atoms with van der Waals surface area (Å²) in [5, 5.41) is 19.6. The first-order chi connectivity index (χ1) is 8.50. The van der Waals surface area contributed by atoms with Crippen molar-refractivity contribution in [3.63, 3.8) is 0 Å². The lowest BCUT2D eigenvalue weighted by Gasteiger charge is -2.34. The van der Waals surface area contributed by atoms with Crippen LogP contribution < -0.4 is 5.73 Å². The molecule has 1 aromatic rings. The molecule has 1 heterocycles. The van der Waals surface area contributed by atoms with Gasteiger partial charge in [0.1, 0.15) is 0 Å². The third kappa shape index (κ3) is 2.26. The highest BCUT2D eigenvalue weighted by molar-refractivity contribution is 5.98. The fraction of sp³-hybridized carbons (Fsp3) is 0.462. The zero-order valence-corrected chi connectivity index (χ0v) is 10.3. The highest BCUT2D eigenvalue weighted by Gasteiger charge is 2.29. The number of likely N-dealkylation sites (tertiary alicyclic amines) is 1. The monoisotopic (exact) mass is 250 g/mol. The topological polar surface area (TPSA) is 86.8 Å². The van der Waals surface area contributed by atoms with Crippen LogP contribution in [0.2, 0.25) is 0 Å². The van der Waals surface area contributed by atoms with E-state index in [1.54, 1.807) is 23.1 Å². The summed E-state index contributed by atoms with van der Waals surface area (Å²) in [6, 6.07) is 4.71. The van der Waals surface area contributed by atoms with E-state index in [0.29, 0.717) is 13.1 Å². The normalized spacial score (nSPS) is 24.0. The van der Waals surface area contributed by atoms with Gasteiger partial charge in [0.25, 0.3) is 5.91 Å². The largest absolute Gasteiger partial charge is 0.505 e. The van der Waals surface area contributed by atoms with Gasteiger partial charge in [0.2, 0.25) is 0 Å². The second kappa shape index (κ2) is 4.86. The van der Waals surface area contributed by atoms with E-state index in [1.165, 1.54) is 0 Å². The lowest BCUT2D eigenvalue weighted by Crippen LogP contribution is -2.45. The molecule has 2 unspecified atom stereocenters. The van der Waals surface area contributed by atoms with Gasteiger partial charge in [-0.15, -0.1) is 0 Å². The van der Waals surface area contributed by atoms with Crippen LogP contribution in [0, 0.1) is 5.92 Å². The van der Waals surface area contributed by atoms with E-state index in [4.69, 9.17) is 5.73 Å². The average molecular weight is 250 g/mol. The molecule has 1 aromatic carbocycles. The first-order valence-corrected chi connectivity index (χ1v) is 6.05. The van der Waals surface area contributed by atoms with Gasteiger partial charge < -0.3 is 20.8 Å². The van der Waals surface area contributed by atoms with E-state index < -0.39 is 6.10 Å². The summed E-state index contributed by atoms with van der Waals surface area (Å²) >= 11 is 0. The van der Waals surface area contributed by atoms with Gasteiger partial charge in [-0.3, -0.25) is 4.79 Å². The number of carbonyl (C=O) groups is 1. The smallest absolute Gasteiger partial charge is 0.257 e. The van der Waals surface area contributed by atoms with Crippen LogP contribution in [0.3, 0.4) is 0 Å². The number of nitrogens with two attached hydrogens (primary N) is 1. The number of hydrogen-bond acceptors (Lipinski definition) is 4. The number of para-hydroxylation sites is 1. The maximum Gasteiger partial charge on any atom is 0.257 e. The Kier molecular flexibility index (Phi) is 3.43. The Labute approximate surface area is 106 Å². The number of phenolic OH excluding ortho intramolecular Hbond substituents is 1. The van der Waals surface area contributed by atoms with Crippen molar-refractivity contribution in [2.24, 2.45) is 5.92 Å². The van der Waals surface area contributed by atoms with Crippen LogP contribution in [0.5, 0.6) is 5.75 Å². The molecule has 1 fully saturated rings. The van der Waals surface area contributed by atoms with Gasteiger partial charge in [-0.25, -0.2) is 0 Å². The van der Waals surface area contributed by atoms with Gasteiger partial charge in [-0.2, -0.15) is 0 Å². The number of anilines is 1. The van der Waals surface area contributed by atoms with Crippen LogP contribution in [0.15, 0.2) is 18.2 Å². The summed E-state index contributed by atoms with van der Waals surface area (Å²) in [6.45, 7) is 2.85. The van der Waals surface area contributed by atoms with Crippen LogP contribution in [-0.4, -0.2) is 40.2 Å². The zero-order valence-electron chi connectivity index (χ0n) is 10.3. The van der Waals surface area contributed by atoms with E-state index in [2.05, 4.69) is 0 Å². The van der Waals surface area contributed by atoms with Crippen molar-refractivity contribution in [3.05, 3.63) is 23.8 Å². The summed E-state index contributed by atoms with van der Waals surface area (Å²) in [4.78, 5) is 13.8. The van der Waals surface area contributed by atoms with Gasteiger partial charge in [0, 0.05) is 13.1 Å². The number of aliphatic hydroxyl groups excluding tert-OH is 1. The van der Waals surface area contributed by atoms with Crippen molar-refractivity contribution >= 4 is 11.6 Å². The molecule has 1 saturated heterocycles. The molecule has 0 aromatic heterocycles. The zero-order chi connectivity index (χ0) is 13.3. The molecule has 1 aliphatic heterocycles. The molecule has 2 atom stereocenters. The summed E-state index contributed by atoms with van der Waals surface area (Å²) < 4.78 is 0. The van der Waals surface area contributed by atoms with Crippen molar-refractivity contribution in [1.82, 2.24) is 4.90 Å². The third-order valence-corrected chi connectivity index (χ3v) is 3.50. The van der Waals surface area contributed by atoms with Gasteiger partial charge in [-0.05, 0) is 24.5 Å². The summed E-state index contributed by atoms with van der Waals surface area (Å²) in [5.41, 5.74) is 5.95. The summed E-state index contributed by atoms with van der Waals surface area (Å²) in [7, 11) is 0. The molecular weight excluding hydrogens is 232 g/mol. The highest BCUT2D eigenvalue weighted by Crippen LogP contribution is 2.27. The van der Waals surface area contributed by atoms with Crippen molar-refractivity contribution in [3.8, 4) is 5.75 Å². The Morgan fingerprint density at radius 3 is 2.89 bits per heavy atom. The molecule has 2 rings (SSSR count). The first kappa shape index (κ1) is 12.7. The Bertz CT molecular complexity index is 462. The van der Waals surface area contributed by atoms with Crippen LogP contribution in [0.25, 0.3) is 0 Å². The first-order valence-electron chi connectivity index (χ1n) is 6.05. The third-order valence-electron chi connectivity index (χ3n) is 3.50. The number of β-amino-alcohol motifs (C(OH)–C–C–N with tert-alkyl or cyclic N) is 1. The predicted octanol–water partition coefficient (Wildman–Crippen LogP) is 0.817. The second-order valence-electron chi connectivity index (χ2n) is 4.83. The van der Waals surface area contributed by atoms with Gasteiger partial charge in [0.15, 0.2) is 5.75 Å². The number of aromatic hydroxyl groups is 1. The second-order valence-corrected chi connectivity index (χ2v) is 4.83. The number of benzene rings is 1. The standard InChI is InChI=1S/C13H18N2O3/c1-8-5-6-15(7-11(8)16)13(18)9-3-2-4-10(14)12(9)17/h2-4,8,11,16-17H,5-7,14H2,1H3. The highest BCUT2D eigenvalue weighted by atomic mass is 16.3. The van der Waals surface area contributed by atoms with Crippen molar-refractivity contribution < 1.29 is 15.0 Å². The summed E-state index contributed by atoms with van der Waals surface area (Å²) in [5.74, 6) is -0.273. The number of hydrogen-bond donors (Lipinski definition) is 3. The Balaban J connectivity index is 2.19. The molecule has 18 heavy (non-hydrogen) atoms. The number of phenols is 1. The molecule has 0 bridgehead atoms. The van der Waals surface area contributed by atoms with Crippen molar-refractivity contribution in [2.75, 3.05) is 18.8 Å². The van der Waals surface area contributed by atoms with Crippen molar-refractivity contribution in [2.45, 2.75) is 19.4 Å². The Morgan fingerprint density at radius 2 is 2.22 bits per heavy atom. The molecule has 98 valence electrons. The Hall–Kier alpha value is -1.75. The van der Waals surface area contributed by atoms with E-state index in [-0.39, 0.29) is 28.8 Å². The molecule has 0 saturated carbocycles. The molecule has 0 radical (unpaired) electrons. The summed E-state index contributed by atoms with van der Waals surface area (Å²) in [6.07, 6.45) is 0.251. The molecule has 0 aliphatic carbocycles. The quantitative estimate of drug-likeness (QED) is 0.508. The number of nitrogen functional groups attached to an aromatic ring is 1. The minimum Gasteiger partial charge on any atom is -0.505 e. The Morgan fingerprint density at radius 1 is 1.50 bits per heavy atom. The maximum absolute atomic E-state index is 12.2. The predicted molar refractivity (Wildman–Crippen MR) is 68.2 cm³/mol. The number of amides is 1. The van der Waals surface area contributed by atoms with Crippen LogP contribution in [0.1, 0.15) is 23.7 Å². The molecule has 5 nitrogen and oxygen atoms in total. The number of nitrogens with zero attached hydrogens (tertiary/aromatic N) is 1. The van der Waals surface area contributed by atoms with Crippen LogP contribution >= 0.6 is 0 Å².